The molecule has 0 heterocycles. The highest BCUT2D eigenvalue weighted by Gasteiger charge is 2.05. The van der Waals surface area contributed by atoms with Gasteiger partial charge in [-0.05, 0) is 51.3 Å². The van der Waals surface area contributed by atoms with Crippen LogP contribution in [0, 0.1) is 0 Å². The molecule has 0 aliphatic rings. The van der Waals surface area contributed by atoms with Crippen LogP contribution in [0.5, 0.6) is 0 Å². The van der Waals surface area contributed by atoms with E-state index in [1.807, 2.05) is 24.3 Å². The molecule has 0 unspecified atom stereocenters. The van der Waals surface area contributed by atoms with Crippen LogP contribution in [0.25, 0.3) is 0 Å². The maximum atomic E-state index is 10.6. The molecule has 0 atom stereocenters. The van der Waals surface area contributed by atoms with E-state index in [0.717, 1.165) is 38.2 Å². The molecule has 4 heteroatoms. The Morgan fingerprint density at radius 1 is 1.10 bits per heavy atom. The van der Waals surface area contributed by atoms with Gasteiger partial charge in [0.15, 0.2) is 0 Å². The summed E-state index contributed by atoms with van der Waals surface area (Å²) in [5, 5.41) is 8.75. The second kappa shape index (κ2) is 8.72. The summed E-state index contributed by atoms with van der Waals surface area (Å²) in [4.78, 5) is 15.3. The van der Waals surface area contributed by atoms with Gasteiger partial charge in [-0.15, -0.1) is 0 Å². The lowest BCUT2D eigenvalue weighted by molar-refractivity contribution is -0.136. The standard InChI is InChI=1S/C16H26N2O2/c1-4-18(11-5-10-17(2)3)13-15-8-6-14(7-9-15)12-16(19)20/h6-9H,4-5,10-13H2,1-3H3,(H,19,20). The monoisotopic (exact) mass is 278 g/mol. The zero-order valence-corrected chi connectivity index (χ0v) is 12.8. The number of nitrogens with zero attached hydrogens (tertiary/aromatic N) is 2. The van der Waals surface area contributed by atoms with Gasteiger partial charge >= 0.3 is 5.97 Å². The van der Waals surface area contributed by atoms with E-state index in [4.69, 9.17) is 5.11 Å². The molecule has 0 aromatic heterocycles. The van der Waals surface area contributed by atoms with Crippen LogP contribution in [0.1, 0.15) is 24.5 Å². The lowest BCUT2D eigenvalue weighted by atomic mass is 10.1. The third kappa shape index (κ3) is 6.68. The number of carboxylic acid groups (broad SMARTS) is 1. The minimum atomic E-state index is -0.781. The molecule has 0 bridgehead atoms. The third-order valence-corrected chi connectivity index (χ3v) is 3.31. The first kappa shape index (κ1) is 16.7. The summed E-state index contributed by atoms with van der Waals surface area (Å²) in [6, 6.07) is 7.90. The number of benzene rings is 1. The SMILES string of the molecule is CCN(CCCN(C)C)Cc1ccc(CC(=O)O)cc1. The van der Waals surface area contributed by atoms with Crippen LogP contribution in [0.3, 0.4) is 0 Å². The predicted octanol–water partition coefficient (Wildman–Crippen LogP) is 2.09. The van der Waals surface area contributed by atoms with Crippen molar-refractivity contribution >= 4 is 5.97 Å². The van der Waals surface area contributed by atoms with Crippen LogP contribution >= 0.6 is 0 Å². The molecular weight excluding hydrogens is 252 g/mol. The molecule has 0 aliphatic carbocycles. The van der Waals surface area contributed by atoms with Gasteiger partial charge in [0.05, 0.1) is 6.42 Å². The summed E-state index contributed by atoms with van der Waals surface area (Å²) >= 11 is 0. The van der Waals surface area contributed by atoms with Crippen LogP contribution in [-0.2, 0) is 17.8 Å². The van der Waals surface area contributed by atoms with Gasteiger partial charge in [0.1, 0.15) is 0 Å². The van der Waals surface area contributed by atoms with E-state index in [0.29, 0.717) is 0 Å². The predicted molar refractivity (Wildman–Crippen MR) is 81.9 cm³/mol. The Hall–Kier alpha value is -1.39. The van der Waals surface area contributed by atoms with Crippen molar-refractivity contribution in [2.75, 3.05) is 33.7 Å². The Kier molecular flexibility index (Phi) is 7.26. The fourth-order valence-electron chi connectivity index (χ4n) is 2.15. The fraction of sp³-hybridized carbons (Fsp3) is 0.562. The van der Waals surface area contributed by atoms with Crippen LogP contribution in [0.4, 0.5) is 0 Å². The molecule has 0 saturated carbocycles. The molecule has 0 amide bonds. The Bertz CT molecular complexity index is 401. The number of hydrogen-bond acceptors (Lipinski definition) is 3. The second-order valence-corrected chi connectivity index (χ2v) is 5.41. The maximum Gasteiger partial charge on any atom is 0.307 e. The van der Waals surface area contributed by atoms with Gasteiger partial charge in [0, 0.05) is 6.54 Å². The van der Waals surface area contributed by atoms with Crippen molar-refractivity contribution in [1.82, 2.24) is 9.80 Å². The minimum Gasteiger partial charge on any atom is -0.481 e. The van der Waals surface area contributed by atoms with E-state index >= 15 is 0 Å². The van der Waals surface area contributed by atoms with Gasteiger partial charge < -0.3 is 10.0 Å². The van der Waals surface area contributed by atoms with Crippen molar-refractivity contribution in [3.05, 3.63) is 35.4 Å². The second-order valence-electron chi connectivity index (χ2n) is 5.41. The quantitative estimate of drug-likeness (QED) is 0.751. The first-order valence-corrected chi connectivity index (χ1v) is 7.18. The summed E-state index contributed by atoms with van der Waals surface area (Å²) in [5.74, 6) is -0.781. The first-order chi connectivity index (χ1) is 9.51. The minimum absolute atomic E-state index is 0.0978. The lowest BCUT2D eigenvalue weighted by Crippen LogP contribution is -2.26. The van der Waals surface area contributed by atoms with E-state index in [1.54, 1.807) is 0 Å². The van der Waals surface area contributed by atoms with Crippen molar-refractivity contribution in [1.29, 1.82) is 0 Å². The van der Waals surface area contributed by atoms with E-state index in [-0.39, 0.29) is 6.42 Å². The molecule has 4 nitrogen and oxygen atoms in total. The Morgan fingerprint density at radius 3 is 2.20 bits per heavy atom. The summed E-state index contributed by atoms with van der Waals surface area (Å²) in [7, 11) is 4.19. The molecular formula is C16H26N2O2. The topological polar surface area (TPSA) is 43.8 Å². The van der Waals surface area contributed by atoms with Crippen LogP contribution < -0.4 is 0 Å². The van der Waals surface area contributed by atoms with E-state index in [2.05, 4.69) is 30.8 Å². The molecule has 20 heavy (non-hydrogen) atoms. The number of hydrogen-bond donors (Lipinski definition) is 1. The van der Waals surface area contributed by atoms with Crippen molar-refractivity contribution in [2.24, 2.45) is 0 Å². The van der Waals surface area contributed by atoms with Gasteiger partial charge in [-0.25, -0.2) is 0 Å². The van der Waals surface area contributed by atoms with Crippen LogP contribution in [0.2, 0.25) is 0 Å². The van der Waals surface area contributed by atoms with Crippen molar-refractivity contribution in [3.8, 4) is 0 Å². The van der Waals surface area contributed by atoms with Crippen LogP contribution in [-0.4, -0.2) is 54.6 Å². The first-order valence-electron chi connectivity index (χ1n) is 7.18. The van der Waals surface area contributed by atoms with Crippen molar-refractivity contribution < 1.29 is 9.90 Å². The normalized spacial score (nSPS) is 11.2. The zero-order valence-electron chi connectivity index (χ0n) is 12.8. The van der Waals surface area contributed by atoms with E-state index in [9.17, 15) is 4.79 Å². The number of rotatable bonds is 9. The Morgan fingerprint density at radius 2 is 1.70 bits per heavy atom. The van der Waals surface area contributed by atoms with Gasteiger partial charge in [-0.3, -0.25) is 9.69 Å². The molecule has 0 fully saturated rings. The van der Waals surface area contributed by atoms with Gasteiger partial charge in [0.2, 0.25) is 0 Å². The highest BCUT2D eigenvalue weighted by molar-refractivity contribution is 5.70. The lowest BCUT2D eigenvalue weighted by Gasteiger charge is -2.21. The highest BCUT2D eigenvalue weighted by atomic mass is 16.4. The third-order valence-electron chi connectivity index (χ3n) is 3.31. The maximum absolute atomic E-state index is 10.6. The summed E-state index contributed by atoms with van der Waals surface area (Å²) in [6.07, 6.45) is 1.26. The smallest absolute Gasteiger partial charge is 0.307 e. The van der Waals surface area contributed by atoms with E-state index in [1.165, 1.54) is 5.56 Å². The molecule has 112 valence electrons. The Labute approximate surface area is 122 Å². The largest absolute Gasteiger partial charge is 0.481 e. The molecule has 0 spiro atoms. The molecule has 0 saturated heterocycles. The molecule has 1 rings (SSSR count). The fourth-order valence-corrected chi connectivity index (χ4v) is 2.15. The van der Waals surface area contributed by atoms with Crippen LogP contribution in [0.15, 0.2) is 24.3 Å². The van der Waals surface area contributed by atoms with E-state index < -0.39 is 5.97 Å². The molecule has 0 aliphatic heterocycles. The number of carboxylic acids is 1. The van der Waals surface area contributed by atoms with Crippen molar-refractivity contribution in [3.63, 3.8) is 0 Å². The molecule has 1 N–H and O–H groups in total. The number of carbonyl (C=O) groups is 1. The average molecular weight is 278 g/mol. The molecule has 0 radical (unpaired) electrons. The van der Waals surface area contributed by atoms with Gasteiger partial charge in [0.25, 0.3) is 0 Å². The summed E-state index contributed by atoms with van der Waals surface area (Å²) < 4.78 is 0. The van der Waals surface area contributed by atoms with Gasteiger partial charge in [-0.2, -0.15) is 0 Å². The number of aliphatic carboxylic acids is 1. The van der Waals surface area contributed by atoms with Crippen molar-refractivity contribution in [2.45, 2.75) is 26.3 Å². The van der Waals surface area contributed by atoms with Gasteiger partial charge in [-0.1, -0.05) is 31.2 Å². The Balaban J connectivity index is 2.46. The summed E-state index contributed by atoms with van der Waals surface area (Å²) in [5.41, 5.74) is 2.10. The summed E-state index contributed by atoms with van der Waals surface area (Å²) in [6.45, 7) is 6.33. The highest BCUT2D eigenvalue weighted by Crippen LogP contribution is 2.09. The molecule has 1 aromatic carbocycles. The average Bonchev–Trinajstić information content (AvgIpc) is 2.38. The molecule has 1 aromatic rings. The zero-order chi connectivity index (χ0) is 15.0.